The van der Waals surface area contributed by atoms with Gasteiger partial charge < -0.3 is 10.2 Å². The maximum Gasteiger partial charge on any atom is 0.335 e. The monoisotopic (exact) mass is 663 g/mol. The van der Waals surface area contributed by atoms with E-state index < -0.39 is 46.9 Å². The predicted octanol–water partition coefficient (Wildman–Crippen LogP) is 6.43. The molecule has 4 aliphatic rings. The normalized spacial score (nSPS) is 27.2. The van der Waals surface area contributed by atoms with Gasteiger partial charge in [0.1, 0.15) is 5.75 Å². The quantitative estimate of drug-likeness (QED) is 0.186. The van der Waals surface area contributed by atoms with Gasteiger partial charge in [0.05, 0.1) is 28.5 Å². The fraction of sp³-hybridized carbons (Fsp3) is 0.214. The smallest absolute Gasteiger partial charge is 0.335 e. The van der Waals surface area contributed by atoms with Crippen LogP contribution in [-0.4, -0.2) is 39.6 Å². The molecule has 0 spiro atoms. The maximum absolute atomic E-state index is 15.1. The molecule has 8 heteroatoms. The van der Waals surface area contributed by atoms with Crippen LogP contribution in [0.15, 0.2) is 121 Å². The number of hydrogen-bond donors (Lipinski definition) is 2. The van der Waals surface area contributed by atoms with Crippen molar-refractivity contribution in [3.05, 3.63) is 149 Å². The van der Waals surface area contributed by atoms with E-state index in [0.717, 1.165) is 10.5 Å². The van der Waals surface area contributed by atoms with Gasteiger partial charge in [-0.1, -0.05) is 90.5 Å². The van der Waals surface area contributed by atoms with Gasteiger partial charge in [0.25, 0.3) is 0 Å². The fourth-order valence-corrected chi connectivity index (χ4v) is 9.14. The molecule has 3 aliphatic carbocycles. The Kier molecular flexibility index (Phi) is 7.29. The summed E-state index contributed by atoms with van der Waals surface area (Å²) in [5.41, 5.74) is 2.29. The van der Waals surface area contributed by atoms with Crippen LogP contribution in [0.4, 0.5) is 5.69 Å². The minimum Gasteiger partial charge on any atom is -0.507 e. The number of phenolic OH excluding ortho intramolecular Hbond substituents is 1. The van der Waals surface area contributed by atoms with E-state index in [1.165, 1.54) is 30.3 Å². The van der Waals surface area contributed by atoms with Gasteiger partial charge in [-0.25, -0.2) is 4.79 Å². The first-order chi connectivity index (χ1) is 24.1. The standard InChI is InChI=1S/C42H33NO7/c1-23-9-8-14-30(37(23)45)36-28-19-20-29-35(40(48)43(39(29)47)27-17-15-25(16-18-27)41(49)50)32(28)21-33-38(46)31(24-10-4-2-5-11-24)22-34(44)42(33,36)26-12-6-3-7-13-26/h2-19,22,29,32-33,35-36,45H,20-21H2,1H3,(H,49,50)/t29-,32+,33-,35-,36+,42-/m0/s1. The van der Waals surface area contributed by atoms with Gasteiger partial charge in [0.15, 0.2) is 11.6 Å². The molecule has 0 radical (unpaired) electrons. The summed E-state index contributed by atoms with van der Waals surface area (Å²) in [5, 5.41) is 21.1. The number of hydrogen-bond acceptors (Lipinski definition) is 6. The highest BCUT2D eigenvalue weighted by Crippen LogP contribution is 2.64. The highest BCUT2D eigenvalue weighted by molar-refractivity contribution is 6.32. The van der Waals surface area contributed by atoms with Crippen molar-refractivity contribution in [2.24, 2.45) is 23.7 Å². The third kappa shape index (κ3) is 4.40. The number of amides is 2. The molecule has 0 aromatic heterocycles. The number of fused-ring (bicyclic) bond motifs is 4. The second-order valence-corrected chi connectivity index (χ2v) is 13.7. The van der Waals surface area contributed by atoms with Crippen molar-refractivity contribution in [3.63, 3.8) is 0 Å². The molecule has 1 saturated carbocycles. The number of imide groups is 1. The zero-order valence-corrected chi connectivity index (χ0v) is 27.2. The molecule has 2 N–H and O–H groups in total. The van der Waals surface area contributed by atoms with Crippen molar-refractivity contribution in [3.8, 4) is 5.75 Å². The van der Waals surface area contributed by atoms with Crippen LogP contribution in [0.25, 0.3) is 5.57 Å². The van der Waals surface area contributed by atoms with Crippen molar-refractivity contribution >= 4 is 40.6 Å². The summed E-state index contributed by atoms with van der Waals surface area (Å²) in [7, 11) is 0. The van der Waals surface area contributed by atoms with Crippen molar-refractivity contribution in [2.45, 2.75) is 31.1 Å². The first-order valence-corrected chi connectivity index (χ1v) is 16.8. The Labute approximate surface area is 288 Å². The summed E-state index contributed by atoms with van der Waals surface area (Å²) in [6, 6.07) is 29.3. The van der Waals surface area contributed by atoms with E-state index in [-0.39, 0.29) is 47.3 Å². The number of carboxylic acid groups (broad SMARTS) is 1. The molecular formula is C42H33NO7. The Bertz CT molecular complexity index is 2170. The van der Waals surface area contributed by atoms with E-state index in [1.807, 2.05) is 60.7 Å². The van der Waals surface area contributed by atoms with Gasteiger partial charge >= 0.3 is 5.97 Å². The van der Waals surface area contributed by atoms with Crippen molar-refractivity contribution in [2.75, 3.05) is 4.90 Å². The molecule has 4 aromatic carbocycles. The van der Waals surface area contributed by atoms with Crippen LogP contribution >= 0.6 is 0 Å². The average molecular weight is 664 g/mol. The molecule has 2 amide bonds. The third-order valence-corrected chi connectivity index (χ3v) is 11.3. The van der Waals surface area contributed by atoms with E-state index >= 15 is 4.79 Å². The molecular weight excluding hydrogens is 630 g/mol. The number of benzene rings is 4. The zero-order chi connectivity index (χ0) is 34.9. The van der Waals surface area contributed by atoms with Gasteiger partial charge in [0.2, 0.25) is 11.8 Å². The number of anilines is 1. The molecule has 50 heavy (non-hydrogen) atoms. The molecule has 8 rings (SSSR count). The molecule has 4 aromatic rings. The van der Waals surface area contributed by atoms with Crippen LogP contribution in [0.5, 0.6) is 5.75 Å². The molecule has 248 valence electrons. The van der Waals surface area contributed by atoms with Crippen LogP contribution in [0, 0.1) is 30.6 Å². The number of ketones is 2. The van der Waals surface area contributed by atoms with Gasteiger partial charge in [-0.3, -0.25) is 24.1 Å². The minimum atomic E-state index is -1.44. The van der Waals surface area contributed by atoms with E-state index in [4.69, 9.17) is 0 Å². The van der Waals surface area contributed by atoms with E-state index in [9.17, 15) is 29.4 Å². The Morgan fingerprint density at radius 1 is 0.800 bits per heavy atom. The molecule has 6 atom stereocenters. The molecule has 1 saturated heterocycles. The predicted molar refractivity (Wildman–Crippen MR) is 185 cm³/mol. The highest BCUT2D eigenvalue weighted by atomic mass is 16.4. The summed E-state index contributed by atoms with van der Waals surface area (Å²) >= 11 is 0. The van der Waals surface area contributed by atoms with E-state index in [1.54, 1.807) is 31.2 Å². The van der Waals surface area contributed by atoms with Crippen molar-refractivity contribution in [1.82, 2.24) is 0 Å². The zero-order valence-electron chi connectivity index (χ0n) is 27.2. The number of allylic oxidation sites excluding steroid dienone is 4. The number of Topliss-reactive ketones (excluding diaryl/α,β-unsaturated/α-hetero) is 1. The number of carboxylic acids is 1. The third-order valence-electron chi connectivity index (χ3n) is 11.3. The number of carbonyl (C=O) groups excluding carboxylic acids is 4. The lowest BCUT2D eigenvalue weighted by Crippen LogP contribution is -2.58. The number of aromatic hydroxyl groups is 1. The Morgan fingerprint density at radius 3 is 2.16 bits per heavy atom. The summed E-state index contributed by atoms with van der Waals surface area (Å²) in [4.78, 5) is 71.2. The number of nitrogens with zero attached hydrogens (tertiary/aromatic N) is 1. The van der Waals surface area contributed by atoms with E-state index in [2.05, 4.69) is 0 Å². The summed E-state index contributed by atoms with van der Waals surface area (Å²) in [5.74, 6) is -6.25. The van der Waals surface area contributed by atoms with Gasteiger partial charge in [0, 0.05) is 23.0 Å². The van der Waals surface area contributed by atoms with Gasteiger partial charge in [-0.15, -0.1) is 0 Å². The molecule has 0 unspecified atom stereocenters. The molecule has 1 heterocycles. The summed E-state index contributed by atoms with van der Waals surface area (Å²) < 4.78 is 0. The second-order valence-electron chi connectivity index (χ2n) is 13.7. The van der Waals surface area contributed by atoms with Crippen LogP contribution in [0.1, 0.15) is 51.4 Å². The lowest BCUT2D eigenvalue weighted by molar-refractivity contribution is -0.135. The lowest BCUT2D eigenvalue weighted by Gasteiger charge is -2.55. The van der Waals surface area contributed by atoms with Crippen LogP contribution in [0.2, 0.25) is 0 Å². The summed E-state index contributed by atoms with van der Waals surface area (Å²) in [6.45, 7) is 1.78. The molecule has 0 bridgehead atoms. The number of aryl methyl sites for hydroxylation is 1. The minimum absolute atomic E-state index is 0.0160. The topological polar surface area (TPSA) is 129 Å². The average Bonchev–Trinajstić information content (AvgIpc) is 3.39. The second kappa shape index (κ2) is 11.6. The summed E-state index contributed by atoms with van der Waals surface area (Å²) in [6.07, 6.45) is 3.79. The van der Waals surface area contributed by atoms with Crippen LogP contribution in [-0.2, 0) is 24.6 Å². The number of para-hydroxylation sites is 1. The lowest BCUT2D eigenvalue weighted by atomic mass is 9.44. The highest BCUT2D eigenvalue weighted by Gasteiger charge is 2.66. The molecule has 2 fully saturated rings. The number of carbonyl (C=O) groups is 5. The molecule has 8 nitrogen and oxygen atoms in total. The Hall–Kier alpha value is -5.89. The molecule has 1 aliphatic heterocycles. The fourth-order valence-electron chi connectivity index (χ4n) is 9.14. The number of phenols is 1. The number of aromatic carboxylic acids is 1. The van der Waals surface area contributed by atoms with Crippen molar-refractivity contribution in [1.29, 1.82) is 0 Å². The van der Waals surface area contributed by atoms with Crippen LogP contribution < -0.4 is 4.90 Å². The maximum atomic E-state index is 15.1. The largest absolute Gasteiger partial charge is 0.507 e. The van der Waals surface area contributed by atoms with Crippen molar-refractivity contribution < 1.29 is 34.2 Å². The Balaban J connectivity index is 1.34. The number of rotatable bonds is 5. The van der Waals surface area contributed by atoms with Gasteiger partial charge in [-0.2, -0.15) is 0 Å². The van der Waals surface area contributed by atoms with Crippen LogP contribution in [0.3, 0.4) is 0 Å². The SMILES string of the molecule is Cc1cccc([C@H]2C3=CC[C@@H]4C(=O)N(c5ccc(C(=O)O)cc5)C(=O)[C@@H]4[C@@H]3C[C@H]3C(=O)C(c4ccccc4)=CC(=O)[C@@]23c2ccccc2)c1O. The Morgan fingerprint density at radius 2 is 1.48 bits per heavy atom. The first kappa shape index (κ1) is 31.4. The van der Waals surface area contributed by atoms with Gasteiger partial charge in [-0.05, 0) is 72.7 Å². The van der Waals surface area contributed by atoms with E-state index in [0.29, 0.717) is 27.8 Å². The first-order valence-electron chi connectivity index (χ1n) is 16.8.